The van der Waals surface area contributed by atoms with Gasteiger partial charge >= 0.3 is 0 Å². The molecular weight excluding hydrogens is 136 g/mol. The Labute approximate surface area is 60.3 Å². The van der Waals surface area contributed by atoms with Crippen LogP contribution in [0, 0.1) is 0 Å². The highest BCUT2D eigenvalue weighted by molar-refractivity contribution is 4.56. The zero-order valence-corrected chi connectivity index (χ0v) is 6.20. The van der Waals surface area contributed by atoms with Gasteiger partial charge in [0.15, 0.2) is 6.26 Å². The van der Waals surface area contributed by atoms with E-state index in [1.54, 1.807) is 7.11 Å². The molecule has 0 spiro atoms. The predicted molar refractivity (Wildman–Crippen MR) is 35.1 cm³/mol. The van der Waals surface area contributed by atoms with E-state index in [4.69, 9.17) is 0 Å². The maximum atomic E-state index is 4.69. The molecule has 0 heterocycles. The maximum absolute atomic E-state index is 4.69. The molecular formula is C6H12O4. The first-order valence-corrected chi connectivity index (χ1v) is 2.87. The second-order valence-corrected chi connectivity index (χ2v) is 1.42. The zero-order chi connectivity index (χ0) is 7.66. The lowest BCUT2D eigenvalue weighted by atomic mass is 10.8. The molecule has 0 fully saturated rings. The average Bonchev–Trinajstić information content (AvgIpc) is 1.97. The molecule has 0 radical (unpaired) electrons. The smallest absolute Gasteiger partial charge is 0.163 e. The van der Waals surface area contributed by atoms with Gasteiger partial charge in [-0.15, -0.1) is 0 Å². The minimum absolute atomic E-state index is 0.407. The molecule has 0 saturated heterocycles. The number of hydrogen-bond donors (Lipinski definition) is 0. The molecule has 0 aliphatic carbocycles. The van der Waals surface area contributed by atoms with Crippen LogP contribution in [0.15, 0.2) is 12.5 Å². The van der Waals surface area contributed by atoms with Crippen LogP contribution >= 0.6 is 0 Å². The van der Waals surface area contributed by atoms with E-state index in [0.717, 1.165) is 0 Å². The van der Waals surface area contributed by atoms with E-state index in [1.165, 1.54) is 19.6 Å². The lowest BCUT2D eigenvalue weighted by molar-refractivity contribution is -0.255. The molecule has 0 aliphatic heterocycles. The summed E-state index contributed by atoms with van der Waals surface area (Å²) >= 11 is 0. The Bertz CT molecular complexity index is 81.8. The molecule has 0 saturated carbocycles. The average molecular weight is 148 g/mol. The van der Waals surface area contributed by atoms with Gasteiger partial charge in [-0.05, 0) is 0 Å². The molecule has 10 heavy (non-hydrogen) atoms. The van der Waals surface area contributed by atoms with Crippen LogP contribution in [0.2, 0.25) is 0 Å². The van der Waals surface area contributed by atoms with Crippen LogP contribution in [0.4, 0.5) is 0 Å². The summed E-state index contributed by atoms with van der Waals surface area (Å²) in [7, 11) is 3.11. The number of methoxy groups -OCH3 is 2. The molecule has 4 heteroatoms. The molecule has 0 bridgehead atoms. The Kier molecular flexibility index (Phi) is 7.65. The van der Waals surface area contributed by atoms with Crippen molar-refractivity contribution in [2.24, 2.45) is 0 Å². The van der Waals surface area contributed by atoms with Gasteiger partial charge in [0, 0.05) is 7.11 Å². The van der Waals surface area contributed by atoms with Crippen LogP contribution < -0.4 is 0 Å². The maximum Gasteiger partial charge on any atom is 0.163 e. The Morgan fingerprint density at radius 1 is 1.10 bits per heavy atom. The van der Waals surface area contributed by atoms with Gasteiger partial charge in [-0.25, -0.2) is 0 Å². The van der Waals surface area contributed by atoms with Crippen molar-refractivity contribution in [1.29, 1.82) is 0 Å². The van der Waals surface area contributed by atoms with Crippen LogP contribution in [0.1, 0.15) is 0 Å². The third-order valence-electron chi connectivity index (χ3n) is 0.686. The van der Waals surface area contributed by atoms with Crippen molar-refractivity contribution in [3.8, 4) is 0 Å². The first-order chi connectivity index (χ1) is 4.91. The number of ether oxygens (including phenoxy) is 2. The van der Waals surface area contributed by atoms with Crippen molar-refractivity contribution < 1.29 is 19.2 Å². The Morgan fingerprint density at radius 3 is 2.50 bits per heavy atom. The van der Waals surface area contributed by atoms with Crippen LogP contribution in [-0.4, -0.2) is 27.4 Å². The van der Waals surface area contributed by atoms with E-state index >= 15 is 0 Å². The summed E-state index contributed by atoms with van der Waals surface area (Å²) < 4.78 is 9.22. The van der Waals surface area contributed by atoms with Gasteiger partial charge in [0.1, 0.15) is 12.9 Å². The second kappa shape index (κ2) is 8.26. The van der Waals surface area contributed by atoms with Gasteiger partial charge in [-0.3, -0.25) is 0 Å². The molecule has 0 aliphatic rings. The van der Waals surface area contributed by atoms with E-state index in [9.17, 15) is 0 Å². The Hall–Kier alpha value is -0.740. The minimum atomic E-state index is 0.407. The molecule has 0 atom stereocenters. The summed E-state index contributed by atoms with van der Waals surface area (Å²) in [4.78, 5) is 9.07. The SMILES string of the molecule is COC=COOCCOC. The molecule has 0 amide bonds. The third-order valence-corrected chi connectivity index (χ3v) is 0.686. The quantitative estimate of drug-likeness (QED) is 0.240. The topological polar surface area (TPSA) is 36.9 Å². The highest BCUT2D eigenvalue weighted by atomic mass is 17.2. The van der Waals surface area contributed by atoms with Crippen molar-refractivity contribution >= 4 is 0 Å². The van der Waals surface area contributed by atoms with Crippen molar-refractivity contribution in [3.63, 3.8) is 0 Å². The summed E-state index contributed by atoms with van der Waals surface area (Å²) in [5.41, 5.74) is 0. The van der Waals surface area contributed by atoms with Gasteiger partial charge in [0.05, 0.1) is 13.7 Å². The fraction of sp³-hybridized carbons (Fsp3) is 0.667. The predicted octanol–water partition coefficient (Wildman–Crippen LogP) is 0.699. The van der Waals surface area contributed by atoms with Gasteiger partial charge in [-0.1, -0.05) is 0 Å². The van der Waals surface area contributed by atoms with Gasteiger partial charge in [0.2, 0.25) is 0 Å². The van der Waals surface area contributed by atoms with Gasteiger partial charge in [-0.2, -0.15) is 4.89 Å². The summed E-state index contributed by atoms with van der Waals surface area (Å²) in [6.07, 6.45) is 2.67. The van der Waals surface area contributed by atoms with Crippen molar-refractivity contribution in [2.45, 2.75) is 0 Å². The molecule has 0 aromatic rings. The normalized spacial score (nSPS) is 10.2. The van der Waals surface area contributed by atoms with Gasteiger partial charge in [0.25, 0.3) is 0 Å². The highest BCUT2D eigenvalue weighted by Crippen LogP contribution is 1.81. The second-order valence-electron chi connectivity index (χ2n) is 1.42. The molecule has 4 nitrogen and oxygen atoms in total. The fourth-order valence-electron chi connectivity index (χ4n) is 0.283. The third kappa shape index (κ3) is 7.26. The summed E-state index contributed by atoms with van der Waals surface area (Å²) in [5.74, 6) is 0. The van der Waals surface area contributed by atoms with Crippen LogP contribution in [0.3, 0.4) is 0 Å². The van der Waals surface area contributed by atoms with Crippen molar-refractivity contribution in [3.05, 3.63) is 12.5 Å². The fourth-order valence-corrected chi connectivity index (χ4v) is 0.283. The molecule has 0 unspecified atom stereocenters. The highest BCUT2D eigenvalue weighted by Gasteiger charge is 1.82. The molecule has 0 N–H and O–H groups in total. The zero-order valence-electron chi connectivity index (χ0n) is 6.20. The molecule has 0 rings (SSSR count). The first kappa shape index (κ1) is 9.26. The van der Waals surface area contributed by atoms with E-state index in [0.29, 0.717) is 13.2 Å². The van der Waals surface area contributed by atoms with E-state index in [1.807, 2.05) is 0 Å². The Balaban J connectivity index is 2.83. The molecule has 60 valence electrons. The molecule has 0 aromatic heterocycles. The Morgan fingerprint density at radius 2 is 1.90 bits per heavy atom. The van der Waals surface area contributed by atoms with Crippen LogP contribution in [-0.2, 0) is 19.2 Å². The van der Waals surface area contributed by atoms with E-state index in [-0.39, 0.29) is 0 Å². The number of rotatable bonds is 6. The standard InChI is InChI=1S/C6H12O4/c1-7-3-5-9-10-6-4-8-2/h3,5H,4,6H2,1-2H3. The summed E-state index contributed by atoms with van der Waals surface area (Å²) in [6, 6.07) is 0. The van der Waals surface area contributed by atoms with Crippen molar-refractivity contribution in [2.75, 3.05) is 27.4 Å². The largest absolute Gasteiger partial charge is 0.501 e. The lowest BCUT2D eigenvalue weighted by Gasteiger charge is -1.97. The first-order valence-electron chi connectivity index (χ1n) is 2.87. The number of hydrogen-bond acceptors (Lipinski definition) is 4. The van der Waals surface area contributed by atoms with Crippen molar-refractivity contribution in [1.82, 2.24) is 0 Å². The summed E-state index contributed by atoms with van der Waals surface area (Å²) in [6.45, 7) is 0.922. The van der Waals surface area contributed by atoms with Gasteiger partial charge < -0.3 is 14.4 Å². The van der Waals surface area contributed by atoms with E-state index < -0.39 is 0 Å². The van der Waals surface area contributed by atoms with Crippen LogP contribution in [0.5, 0.6) is 0 Å². The summed E-state index contributed by atoms with van der Waals surface area (Å²) in [5, 5.41) is 0. The van der Waals surface area contributed by atoms with Crippen LogP contribution in [0.25, 0.3) is 0 Å². The molecule has 0 aromatic carbocycles. The van der Waals surface area contributed by atoms with E-state index in [2.05, 4.69) is 19.2 Å². The minimum Gasteiger partial charge on any atom is -0.501 e. The monoisotopic (exact) mass is 148 g/mol. The lowest BCUT2D eigenvalue weighted by Crippen LogP contribution is -1.99.